The first-order valence-corrected chi connectivity index (χ1v) is 11.6. The number of methoxy groups -OCH3 is 1. The van der Waals surface area contributed by atoms with Crippen LogP contribution in [0.25, 0.3) is 10.9 Å². The molecule has 33 heavy (non-hydrogen) atoms. The predicted molar refractivity (Wildman–Crippen MR) is 131 cm³/mol. The van der Waals surface area contributed by atoms with Crippen LogP contribution in [0, 0.1) is 27.7 Å². The van der Waals surface area contributed by atoms with E-state index in [2.05, 4.69) is 49.3 Å². The molecule has 0 aliphatic carbocycles. The second-order valence-electron chi connectivity index (χ2n) is 8.93. The smallest absolute Gasteiger partial charge is 0.272 e. The summed E-state index contributed by atoms with van der Waals surface area (Å²) in [6, 6.07) is 8.22. The Morgan fingerprint density at radius 1 is 1.18 bits per heavy atom. The average molecular weight is 451 g/mol. The third-order valence-electron chi connectivity index (χ3n) is 6.58. The molecule has 2 N–H and O–H groups in total. The van der Waals surface area contributed by atoms with Crippen molar-refractivity contribution in [3.63, 3.8) is 0 Å². The van der Waals surface area contributed by atoms with E-state index in [-0.39, 0.29) is 12.0 Å². The molecule has 1 fully saturated rings. The van der Waals surface area contributed by atoms with Gasteiger partial charge in [-0.3, -0.25) is 4.79 Å². The van der Waals surface area contributed by atoms with Crippen LogP contribution in [0.5, 0.6) is 0 Å². The van der Waals surface area contributed by atoms with Crippen LogP contribution >= 0.6 is 0 Å². The van der Waals surface area contributed by atoms with Crippen LogP contribution in [0.4, 0.5) is 5.82 Å². The number of ether oxygens (including phenoxy) is 2. The zero-order chi connectivity index (χ0) is 23.5. The minimum absolute atomic E-state index is 0.0537. The summed E-state index contributed by atoms with van der Waals surface area (Å²) in [6.07, 6.45) is 0.952. The molecular weight excluding hydrogens is 416 g/mol. The Labute approximate surface area is 195 Å². The van der Waals surface area contributed by atoms with E-state index in [0.717, 1.165) is 28.6 Å². The largest absolute Gasteiger partial charge is 0.385 e. The fourth-order valence-electron chi connectivity index (χ4n) is 4.31. The zero-order valence-corrected chi connectivity index (χ0v) is 20.2. The molecule has 0 unspecified atom stereocenters. The van der Waals surface area contributed by atoms with Crippen molar-refractivity contribution < 1.29 is 14.3 Å². The molecule has 2 aromatic heterocycles. The lowest BCUT2D eigenvalue weighted by atomic mass is 10.0. The van der Waals surface area contributed by atoms with Crippen molar-refractivity contribution >= 4 is 22.6 Å². The van der Waals surface area contributed by atoms with Gasteiger partial charge in [0.2, 0.25) is 0 Å². The van der Waals surface area contributed by atoms with Crippen LogP contribution < -0.4 is 5.32 Å². The summed E-state index contributed by atoms with van der Waals surface area (Å²) >= 11 is 0. The quantitative estimate of drug-likeness (QED) is 0.476. The van der Waals surface area contributed by atoms with Crippen LogP contribution in [0.15, 0.2) is 24.3 Å². The monoisotopic (exact) mass is 450 g/mol. The Morgan fingerprint density at radius 3 is 2.61 bits per heavy atom. The van der Waals surface area contributed by atoms with Gasteiger partial charge in [-0.1, -0.05) is 18.2 Å². The number of aromatic nitrogens is 2. The predicted octanol–water partition coefficient (Wildman–Crippen LogP) is 4.29. The number of nitrogens with zero attached hydrogens (tertiary/aromatic N) is 2. The first-order valence-electron chi connectivity index (χ1n) is 11.6. The Kier molecular flexibility index (Phi) is 7.00. The Balaban J connectivity index is 1.52. The van der Waals surface area contributed by atoms with Gasteiger partial charge in [-0.05, 0) is 62.4 Å². The van der Waals surface area contributed by atoms with Crippen LogP contribution in [0.1, 0.15) is 44.9 Å². The summed E-state index contributed by atoms with van der Waals surface area (Å²) in [7, 11) is 1.69. The van der Waals surface area contributed by atoms with Crippen LogP contribution in [0.3, 0.4) is 0 Å². The number of likely N-dealkylation sites (tertiary alicyclic amines) is 1. The summed E-state index contributed by atoms with van der Waals surface area (Å²) in [6.45, 7) is 11.5. The lowest BCUT2D eigenvalue weighted by molar-refractivity contribution is -0.0466. The van der Waals surface area contributed by atoms with Gasteiger partial charge in [0.1, 0.15) is 5.69 Å². The number of benzene rings is 1. The second-order valence-corrected chi connectivity index (χ2v) is 8.93. The molecule has 0 atom stereocenters. The van der Waals surface area contributed by atoms with E-state index >= 15 is 0 Å². The fraction of sp³-hybridized carbons (Fsp3) is 0.462. The van der Waals surface area contributed by atoms with E-state index in [1.807, 2.05) is 13.0 Å². The van der Waals surface area contributed by atoms with E-state index in [1.165, 1.54) is 16.7 Å². The standard InChI is InChI=1S/C26H34N4O3/c1-16-8-6-9-17(2)22(16)13-27-25-24-21(18(3)19(4)28-24)12-23(29-25)26(31)30-14-20(15-30)33-11-7-10-32-5/h6,8-9,12,20,28H,7,10-11,13-15H2,1-5H3,(H,27,29). The van der Waals surface area contributed by atoms with Crippen LogP contribution in [0.2, 0.25) is 0 Å². The first-order chi connectivity index (χ1) is 15.9. The molecule has 0 saturated carbocycles. The molecule has 3 aromatic rings. The lowest BCUT2D eigenvalue weighted by Crippen LogP contribution is -2.55. The molecule has 3 heterocycles. The Bertz CT molecular complexity index is 1130. The highest BCUT2D eigenvalue weighted by atomic mass is 16.5. The number of H-pyrrole nitrogens is 1. The van der Waals surface area contributed by atoms with Gasteiger partial charge >= 0.3 is 0 Å². The number of anilines is 1. The number of hydrogen-bond donors (Lipinski definition) is 2. The molecular formula is C26H34N4O3. The highest BCUT2D eigenvalue weighted by molar-refractivity contribution is 6.01. The van der Waals surface area contributed by atoms with Crippen LogP contribution in [-0.4, -0.2) is 60.3 Å². The number of amides is 1. The molecule has 0 radical (unpaired) electrons. The maximum absolute atomic E-state index is 13.2. The number of rotatable bonds is 9. The Morgan fingerprint density at radius 2 is 1.91 bits per heavy atom. The van der Waals surface area contributed by atoms with Gasteiger partial charge in [0.05, 0.1) is 11.6 Å². The topological polar surface area (TPSA) is 79.5 Å². The normalized spacial score (nSPS) is 14.0. The maximum atomic E-state index is 13.2. The van der Waals surface area contributed by atoms with Gasteiger partial charge in [0.25, 0.3) is 5.91 Å². The highest BCUT2D eigenvalue weighted by Gasteiger charge is 2.33. The number of fused-ring (bicyclic) bond motifs is 1. The summed E-state index contributed by atoms with van der Waals surface area (Å²) < 4.78 is 10.9. The number of hydrogen-bond acceptors (Lipinski definition) is 5. The van der Waals surface area contributed by atoms with Gasteiger partial charge in [0.15, 0.2) is 5.82 Å². The molecule has 1 aromatic carbocycles. The molecule has 1 aliphatic heterocycles. The maximum Gasteiger partial charge on any atom is 0.272 e. The molecule has 7 heteroatoms. The average Bonchev–Trinajstić information content (AvgIpc) is 3.05. The van der Waals surface area contributed by atoms with E-state index in [0.29, 0.717) is 44.4 Å². The molecule has 1 amide bonds. The number of carbonyl (C=O) groups is 1. The summed E-state index contributed by atoms with van der Waals surface area (Å²) in [5.74, 6) is 0.657. The van der Waals surface area contributed by atoms with Crippen molar-refractivity contribution in [3.8, 4) is 0 Å². The van der Waals surface area contributed by atoms with Gasteiger partial charge in [-0.15, -0.1) is 0 Å². The van der Waals surface area contributed by atoms with Gasteiger partial charge < -0.3 is 24.7 Å². The number of aryl methyl sites for hydroxylation is 4. The van der Waals surface area contributed by atoms with E-state index in [1.54, 1.807) is 12.0 Å². The third-order valence-corrected chi connectivity index (χ3v) is 6.58. The van der Waals surface area contributed by atoms with Crippen molar-refractivity contribution in [2.75, 3.05) is 38.7 Å². The van der Waals surface area contributed by atoms with Crippen molar-refractivity contribution in [1.29, 1.82) is 0 Å². The molecule has 176 valence electrons. The second kappa shape index (κ2) is 9.93. The van der Waals surface area contributed by atoms with E-state index in [9.17, 15) is 4.79 Å². The van der Waals surface area contributed by atoms with Crippen molar-refractivity contribution in [2.45, 2.75) is 46.8 Å². The van der Waals surface area contributed by atoms with Crippen molar-refractivity contribution in [3.05, 3.63) is 57.9 Å². The molecule has 1 aliphatic rings. The molecule has 4 rings (SSSR count). The highest BCUT2D eigenvalue weighted by Crippen LogP contribution is 2.29. The van der Waals surface area contributed by atoms with Gasteiger partial charge in [-0.2, -0.15) is 0 Å². The minimum Gasteiger partial charge on any atom is -0.385 e. The van der Waals surface area contributed by atoms with E-state index < -0.39 is 0 Å². The van der Waals surface area contributed by atoms with E-state index in [4.69, 9.17) is 14.5 Å². The van der Waals surface area contributed by atoms with Crippen molar-refractivity contribution in [1.82, 2.24) is 14.9 Å². The zero-order valence-electron chi connectivity index (χ0n) is 20.2. The summed E-state index contributed by atoms with van der Waals surface area (Å²) in [5.41, 5.74) is 7.35. The molecule has 1 saturated heterocycles. The minimum atomic E-state index is -0.0537. The first kappa shape index (κ1) is 23.3. The Hall–Kier alpha value is -2.90. The number of pyridine rings is 1. The van der Waals surface area contributed by atoms with Crippen LogP contribution in [-0.2, 0) is 16.0 Å². The van der Waals surface area contributed by atoms with Gasteiger partial charge in [-0.25, -0.2) is 4.98 Å². The summed E-state index contributed by atoms with van der Waals surface area (Å²) in [5, 5.41) is 4.53. The van der Waals surface area contributed by atoms with Gasteiger partial charge in [0, 0.05) is 51.0 Å². The number of carbonyl (C=O) groups excluding carboxylic acids is 1. The lowest BCUT2D eigenvalue weighted by Gasteiger charge is -2.38. The van der Waals surface area contributed by atoms with Crippen molar-refractivity contribution in [2.24, 2.45) is 0 Å². The third kappa shape index (κ3) is 4.89. The SMILES string of the molecule is COCCCOC1CN(C(=O)c2cc3c(C)c(C)[nH]c3c(NCc3c(C)cccc3C)n2)C1. The molecule has 0 spiro atoms. The number of nitrogens with one attached hydrogen (secondary N) is 2. The summed E-state index contributed by atoms with van der Waals surface area (Å²) in [4.78, 5) is 23.2. The molecule has 0 bridgehead atoms. The fourth-order valence-corrected chi connectivity index (χ4v) is 4.31. The number of aromatic amines is 1. The molecule has 7 nitrogen and oxygen atoms in total.